The fourth-order valence-electron chi connectivity index (χ4n) is 3.38. The van der Waals surface area contributed by atoms with Crippen LogP contribution in [-0.4, -0.2) is 30.0 Å². The van der Waals surface area contributed by atoms with Gasteiger partial charge in [0.15, 0.2) is 14.9 Å². The lowest BCUT2D eigenvalue weighted by Gasteiger charge is -2.14. The number of nitrogens with two attached hydrogens (primary N) is 1. The molecule has 0 bridgehead atoms. The first kappa shape index (κ1) is 19.2. The van der Waals surface area contributed by atoms with Gasteiger partial charge >= 0.3 is 6.03 Å². The van der Waals surface area contributed by atoms with E-state index in [0.717, 1.165) is 41.6 Å². The molecule has 0 aromatic carbocycles. The summed E-state index contributed by atoms with van der Waals surface area (Å²) >= 11 is 0. The van der Waals surface area contributed by atoms with E-state index in [0.29, 0.717) is 12.2 Å². The number of carbonyl (C=O) groups excluding carboxylic acids is 1. The maximum absolute atomic E-state index is 12.8. The van der Waals surface area contributed by atoms with Gasteiger partial charge in [0.05, 0.1) is 5.69 Å². The lowest BCUT2D eigenvalue weighted by atomic mass is 10.0. The van der Waals surface area contributed by atoms with Crippen LogP contribution >= 0.6 is 0 Å². The summed E-state index contributed by atoms with van der Waals surface area (Å²) in [7, 11) is -3.46. The van der Waals surface area contributed by atoms with Gasteiger partial charge in [-0.25, -0.2) is 14.1 Å². The van der Waals surface area contributed by atoms with Gasteiger partial charge in [0.25, 0.3) is 0 Å². The zero-order valence-corrected chi connectivity index (χ0v) is 16.7. The normalized spacial score (nSPS) is 14.8. The number of fused-ring (bicyclic) bond motifs is 1. The first-order valence-corrected chi connectivity index (χ1v) is 10.9. The number of nitrogens with one attached hydrogen (secondary N) is 1. The number of anilines is 1. The third-order valence-electron chi connectivity index (χ3n) is 4.79. The summed E-state index contributed by atoms with van der Waals surface area (Å²) < 4.78 is 18.1. The van der Waals surface area contributed by atoms with Crippen LogP contribution in [0.5, 0.6) is 0 Å². The Labute approximate surface area is 168 Å². The molecule has 29 heavy (non-hydrogen) atoms. The van der Waals surface area contributed by atoms with Gasteiger partial charge in [0.2, 0.25) is 0 Å². The molecule has 0 radical (unpaired) electrons. The van der Waals surface area contributed by atoms with Gasteiger partial charge in [-0.05, 0) is 55.5 Å². The lowest BCUT2D eigenvalue weighted by Crippen LogP contribution is -2.19. The Hall–Kier alpha value is -3.11. The Bertz CT molecular complexity index is 1180. The molecule has 2 amide bonds. The number of pyridine rings is 2. The van der Waals surface area contributed by atoms with E-state index in [1.165, 1.54) is 6.07 Å². The third-order valence-corrected chi connectivity index (χ3v) is 6.05. The molecule has 0 saturated carbocycles. The smallest absolute Gasteiger partial charge is 0.305 e. The standard InChI is InChI=1S/C19H21N7O2S/c1-2-26-11-8-17(24-26)29(20,28)25-19(27)23-18-14-4-3-5-16(14)22-12-15(18)13-6-9-21-10-7-13/h6-12H,2-5H2,1H3,(H3,20,22,23,25,27,28). The van der Waals surface area contributed by atoms with Gasteiger partial charge in [0.1, 0.15) is 0 Å². The number of hydrogen-bond acceptors (Lipinski definition) is 5. The summed E-state index contributed by atoms with van der Waals surface area (Å²) in [5.41, 5.74) is 4.18. The second-order valence-corrected chi connectivity index (χ2v) is 8.40. The fourth-order valence-corrected chi connectivity index (χ4v) is 4.24. The lowest BCUT2D eigenvalue weighted by molar-refractivity contribution is 0.260. The van der Waals surface area contributed by atoms with E-state index in [1.807, 2.05) is 19.1 Å². The van der Waals surface area contributed by atoms with Crippen molar-refractivity contribution in [2.45, 2.75) is 37.8 Å². The van der Waals surface area contributed by atoms with Crippen LogP contribution < -0.4 is 10.5 Å². The molecule has 0 aliphatic heterocycles. The van der Waals surface area contributed by atoms with E-state index in [9.17, 15) is 9.00 Å². The Kier molecular flexibility index (Phi) is 5.12. The van der Waals surface area contributed by atoms with E-state index in [4.69, 9.17) is 5.14 Å². The fraction of sp³-hybridized carbons (Fsp3) is 0.263. The zero-order valence-electron chi connectivity index (χ0n) is 15.9. The number of urea groups is 1. The zero-order chi connectivity index (χ0) is 20.4. The summed E-state index contributed by atoms with van der Waals surface area (Å²) in [6.45, 7) is 2.49. The Morgan fingerprint density at radius 3 is 2.83 bits per heavy atom. The molecule has 4 rings (SSSR count). The first-order valence-electron chi connectivity index (χ1n) is 9.28. The third kappa shape index (κ3) is 3.89. The Morgan fingerprint density at radius 2 is 2.10 bits per heavy atom. The molecular weight excluding hydrogens is 390 g/mol. The van der Waals surface area contributed by atoms with Crippen molar-refractivity contribution in [2.75, 3.05) is 5.32 Å². The number of hydrogen-bond donors (Lipinski definition) is 2. The average Bonchev–Trinajstić information content (AvgIpc) is 3.38. The number of nitrogens with zero attached hydrogens (tertiary/aromatic N) is 5. The second-order valence-electron chi connectivity index (χ2n) is 6.66. The van der Waals surface area contributed by atoms with Gasteiger partial charge in [-0.15, -0.1) is 4.36 Å². The summed E-state index contributed by atoms with van der Waals surface area (Å²) in [6, 6.07) is 4.41. The van der Waals surface area contributed by atoms with Crippen LogP contribution in [0.2, 0.25) is 0 Å². The largest absolute Gasteiger partial charge is 0.354 e. The Balaban J connectivity index is 1.71. The number of aryl methyl sites for hydroxylation is 2. The molecule has 3 N–H and O–H groups in total. The van der Waals surface area contributed by atoms with E-state index in [1.54, 1.807) is 29.5 Å². The van der Waals surface area contributed by atoms with E-state index >= 15 is 0 Å². The van der Waals surface area contributed by atoms with E-state index in [-0.39, 0.29) is 5.03 Å². The van der Waals surface area contributed by atoms with Crippen molar-refractivity contribution in [3.05, 3.63) is 54.2 Å². The van der Waals surface area contributed by atoms with Crippen molar-refractivity contribution >= 4 is 21.6 Å². The quantitative estimate of drug-likeness (QED) is 0.682. The van der Waals surface area contributed by atoms with Crippen LogP contribution in [0.15, 0.2) is 52.4 Å². The highest BCUT2D eigenvalue weighted by atomic mass is 32.2. The maximum Gasteiger partial charge on any atom is 0.354 e. The van der Waals surface area contributed by atoms with Gasteiger partial charge in [-0.2, -0.15) is 5.10 Å². The van der Waals surface area contributed by atoms with E-state index in [2.05, 4.69) is 24.7 Å². The van der Waals surface area contributed by atoms with Gasteiger partial charge in [0, 0.05) is 42.6 Å². The number of amides is 2. The molecule has 0 saturated heterocycles. The molecule has 1 unspecified atom stereocenters. The minimum Gasteiger partial charge on any atom is -0.305 e. The monoisotopic (exact) mass is 411 g/mol. The van der Waals surface area contributed by atoms with Gasteiger partial charge in [-0.3, -0.25) is 14.6 Å². The molecule has 3 aromatic heterocycles. The maximum atomic E-state index is 12.8. The van der Waals surface area contributed by atoms with Crippen molar-refractivity contribution in [1.29, 1.82) is 0 Å². The van der Waals surface area contributed by atoms with Gasteiger partial charge < -0.3 is 5.32 Å². The predicted octanol–water partition coefficient (Wildman–Crippen LogP) is 2.78. The summed E-state index contributed by atoms with van der Waals surface area (Å²) in [6.07, 6.45) is 9.35. The number of carbonyl (C=O) groups is 1. The summed E-state index contributed by atoms with van der Waals surface area (Å²) in [5, 5.41) is 12.8. The van der Waals surface area contributed by atoms with E-state index < -0.39 is 15.9 Å². The molecule has 10 heteroatoms. The van der Waals surface area contributed by atoms with Crippen molar-refractivity contribution in [1.82, 2.24) is 19.7 Å². The molecule has 0 fully saturated rings. The molecule has 3 aromatic rings. The predicted molar refractivity (Wildman–Crippen MR) is 109 cm³/mol. The molecule has 0 spiro atoms. The minimum absolute atomic E-state index is 0.0730. The van der Waals surface area contributed by atoms with Crippen molar-refractivity contribution in [3.8, 4) is 11.1 Å². The number of rotatable bonds is 4. The van der Waals surface area contributed by atoms with Crippen LogP contribution in [0.3, 0.4) is 0 Å². The topological polar surface area (TPSA) is 128 Å². The second kappa shape index (κ2) is 7.72. The molecule has 150 valence electrons. The molecule has 1 aliphatic carbocycles. The molecule has 9 nitrogen and oxygen atoms in total. The van der Waals surface area contributed by atoms with Gasteiger partial charge in [-0.1, -0.05) is 0 Å². The minimum atomic E-state index is -3.46. The highest BCUT2D eigenvalue weighted by molar-refractivity contribution is 7.91. The molecular formula is C19H21N7O2S. The molecule has 1 aliphatic rings. The summed E-state index contributed by atoms with van der Waals surface area (Å²) in [5.74, 6) is 0. The molecule has 1 atom stereocenters. The van der Waals surface area contributed by atoms with Crippen LogP contribution in [0, 0.1) is 0 Å². The van der Waals surface area contributed by atoms with Crippen molar-refractivity contribution in [2.24, 2.45) is 9.50 Å². The first-order chi connectivity index (χ1) is 14.0. The highest BCUT2D eigenvalue weighted by Gasteiger charge is 2.22. The highest BCUT2D eigenvalue weighted by Crippen LogP contribution is 2.36. The van der Waals surface area contributed by atoms with Crippen molar-refractivity contribution in [3.63, 3.8) is 0 Å². The van der Waals surface area contributed by atoms with Crippen LogP contribution in [0.1, 0.15) is 24.6 Å². The van der Waals surface area contributed by atoms with Crippen LogP contribution in [-0.2, 0) is 29.3 Å². The van der Waals surface area contributed by atoms with Crippen LogP contribution in [0.25, 0.3) is 11.1 Å². The van der Waals surface area contributed by atoms with Crippen LogP contribution in [0.4, 0.5) is 10.5 Å². The molecule has 3 heterocycles. The Morgan fingerprint density at radius 1 is 1.31 bits per heavy atom. The van der Waals surface area contributed by atoms with Crippen molar-refractivity contribution < 1.29 is 9.00 Å². The number of aromatic nitrogens is 4. The summed E-state index contributed by atoms with van der Waals surface area (Å²) in [4.78, 5) is 21.2. The SMILES string of the molecule is CCn1ccc(S(N)(=O)=NC(=O)Nc2c(-c3ccncc3)cnc3c2CCC3)n1. The average molecular weight is 411 g/mol.